The molecule has 0 heterocycles. The quantitative estimate of drug-likeness (QED) is 0.394. The first-order valence-electron chi connectivity index (χ1n) is 3.38. The van der Waals surface area contributed by atoms with Gasteiger partial charge in [0, 0.05) is 5.56 Å². The summed E-state index contributed by atoms with van der Waals surface area (Å²) in [6, 6.07) is 1.30. The van der Waals surface area contributed by atoms with Gasteiger partial charge in [0.2, 0.25) is 5.82 Å². The molecule has 1 nitrogen and oxygen atoms in total. The predicted molar refractivity (Wildman–Crippen MR) is 35.5 cm³/mol. The maximum atomic E-state index is 12.7. The molecule has 0 bridgehead atoms. The standard InChI is InChI=1S/C8H2F5N/c9-4-3(1-2-14)5(10)7(12)8(13)6(4)11/h1H2. The fourth-order valence-electron chi connectivity index (χ4n) is 0.885. The van der Waals surface area contributed by atoms with Gasteiger partial charge in [-0.1, -0.05) is 0 Å². The average molecular weight is 207 g/mol. The van der Waals surface area contributed by atoms with Crippen molar-refractivity contribution >= 4 is 0 Å². The number of nitriles is 1. The van der Waals surface area contributed by atoms with E-state index in [9.17, 15) is 22.0 Å². The summed E-state index contributed by atoms with van der Waals surface area (Å²) in [5.41, 5.74) is -1.11. The van der Waals surface area contributed by atoms with E-state index in [0.717, 1.165) is 0 Å². The van der Waals surface area contributed by atoms with Gasteiger partial charge in [-0.05, 0) is 0 Å². The summed E-state index contributed by atoms with van der Waals surface area (Å²) in [5, 5.41) is 8.10. The van der Waals surface area contributed by atoms with Gasteiger partial charge in [0.15, 0.2) is 23.3 Å². The molecule has 1 rings (SSSR count). The van der Waals surface area contributed by atoms with Crippen molar-refractivity contribution in [1.29, 1.82) is 5.26 Å². The van der Waals surface area contributed by atoms with Crippen molar-refractivity contribution in [2.45, 2.75) is 6.42 Å². The van der Waals surface area contributed by atoms with E-state index in [2.05, 4.69) is 0 Å². The van der Waals surface area contributed by atoms with Crippen LogP contribution in [0, 0.1) is 40.4 Å². The Morgan fingerprint density at radius 2 is 1.14 bits per heavy atom. The van der Waals surface area contributed by atoms with Gasteiger partial charge in [-0.2, -0.15) is 5.26 Å². The number of hydrogen-bond acceptors (Lipinski definition) is 1. The molecular formula is C8H2F5N. The van der Waals surface area contributed by atoms with E-state index in [0.29, 0.717) is 0 Å². The molecule has 0 atom stereocenters. The first-order chi connectivity index (χ1) is 6.50. The number of hydrogen-bond donors (Lipinski definition) is 0. The lowest BCUT2D eigenvalue weighted by Gasteiger charge is -2.04. The van der Waals surface area contributed by atoms with Crippen molar-refractivity contribution in [3.05, 3.63) is 34.6 Å². The highest BCUT2D eigenvalue weighted by atomic mass is 19.2. The van der Waals surface area contributed by atoms with Gasteiger partial charge in [0.05, 0.1) is 12.5 Å². The molecule has 0 unspecified atom stereocenters. The van der Waals surface area contributed by atoms with Crippen LogP contribution in [0.5, 0.6) is 0 Å². The van der Waals surface area contributed by atoms with Crippen LogP contribution in [0.4, 0.5) is 22.0 Å². The minimum absolute atomic E-state index is 0.869. The van der Waals surface area contributed by atoms with E-state index in [4.69, 9.17) is 5.26 Å². The van der Waals surface area contributed by atoms with Crippen LogP contribution < -0.4 is 0 Å². The molecule has 0 fully saturated rings. The minimum Gasteiger partial charge on any atom is -0.203 e. The van der Waals surface area contributed by atoms with Gasteiger partial charge in [-0.15, -0.1) is 0 Å². The van der Waals surface area contributed by atoms with Crippen molar-refractivity contribution in [1.82, 2.24) is 0 Å². The molecule has 6 heteroatoms. The molecule has 1 aromatic rings. The lowest BCUT2D eigenvalue weighted by Crippen LogP contribution is -2.06. The van der Waals surface area contributed by atoms with Gasteiger partial charge in [0.25, 0.3) is 0 Å². The molecule has 1 aromatic carbocycles. The second-order valence-electron chi connectivity index (χ2n) is 2.38. The second kappa shape index (κ2) is 3.62. The van der Waals surface area contributed by atoms with Crippen LogP contribution in [0.25, 0.3) is 0 Å². The molecule has 0 saturated heterocycles. The number of rotatable bonds is 1. The van der Waals surface area contributed by atoms with E-state index in [-0.39, 0.29) is 0 Å². The summed E-state index contributed by atoms with van der Waals surface area (Å²) in [7, 11) is 0. The topological polar surface area (TPSA) is 23.8 Å². The Morgan fingerprint density at radius 3 is 1.50 bits per heavy atom. The highest BCUT2D eigenvalue weighted by Crippen LogP contribution is 2.22. The maximum absolute atomic E-state index is 12.7. The van der Waals surface area contributed by atoms with Gasteiger partial charge in [0.1, 0.15) is 0 Å². The Hall–Kier alpha value is -1.64. The Morgan fingerprint density at radius 1 is 0.786 bits per heavy atom. The fraction of sp³-hybridized carbons (Fsp3) is 0.125. The zero-order valence-electron chi connectivity index (χ0n) is 6.54. The van der Waals surface area contributed by atoms with Crippen LogP contribution in [0.1, 0.15) is 5.56 Å². The summed E-state index contributed by atoms with van der Waals surface area (Å²) in [5.74, 6) is -10.2. The lowest BCUT2D eigenvalue weighted by atomic mass is 10.1. The summed E-state index contributed by atoms with van der Waals surface area (Å²) < 4.78 is 62.8. The third-order valence-corrected chi connectivity index (χ3v) is 1.56. The highest BCUT2D eigenvalue weighted by molar-refractivity contribution is 5.26. The molecule has 0 aliphatic carbocycles. The van der Waals surface area contributed by atoms with Crippen LogP contribution in [-0.2, 0) is 6.42 Å². The van der Waals surface area contributed by atoms with E-state index in [1.54, 1.807) is 0 Å². The summed E-state index contributed by atoms with van der Waals surface area (Å²) in [4.78, 5) is 0. The van der Waals surface area contributed by atoms with Gasteiger partial charge < -0.3 is 0 Å². The van der Waals surface area contributed by atoms with Gasteiger partial charge in [-0.3, -0.25) is 0 Å². The molecule has 0 radical (unpaired) electrons. The zero-order valence-corrected chi connectivity index (χ0v) is 6.54. The average Bonchev–Trinajstić information content (AvgIpc) is 2.19. The van der Waals surface area contributed by atoms with Crippen molar-refractivity contribution in [3.63, 3.8) is 0 Å². The Balaban J connectivity index is 3.53. The molecule has 0 saturated carbocycles. The summed E-state index contributed by atoms with van der Waals surface area (Å²) >= 11 is 0. The van der Waals surface area contributed by atoms with E-state index >= 15 is 0 Å². The molecular weight excluding hydrogens is 205 g/mol. The Bertz CT molecular complexity index is 392. The smallest absolute Gasteiger partial charge is 0.200 e. The van der Waals surface area contributed by atoms with Crippen molar-refractivity contribution in [2.75, 3.05) is 0 Å². The third kappa shape index (κ3) is 1.41. The third-order valence-electron chi connectivity index (χ3n) is 1.56. The zero-order chi connectivity index (χ0) is 10.9. The first kappa shape index (κ1) is 10.4. The highest BCUT2D eigenvalue weighted by Gasteiger charge is 2.24. The first-order valence-corrected chi connectivity index (χ1v) is 3.38. The van der Waals surface area contributed by atoms with E-state index in [1.165, 1.54) is 6.07 Å². The van der Waals surface area contributed by atoms with Crippen LogP contribution in [0.3, 0.4) is 0 Å². The van der Waals surface area contributed by atoms with Crippen LogP contribution >= 0.6 is 0 Å². The fourth-order valence-corrected chi connectivity index (χ4v) is 0.885. The Kier molecular flexibility index (Phi) is 2.70. The SMILES string of the molecule is N#CCc1c(F)c(F)c(F)c(F)c1F. The normalized spacial score (nSPS) is 10.0. The van der Waals surface area contributed by atoms with Crippen molar-refractivity contribution in [2.24, 2.45) is 0 Å². The van der Waals surface area contributed by atoms with E-state index in [1.807, 2.05) is 0 Å². The minimum atomic E-state index is -2.22. The van der Waals surface area contributed by atoms with Crippen LogP contribution in [0.15, 0.2) is 0 Å². The lowest BCUT2D eigenvalue weighted by molar-refractivity contribution is 0.372. The van der Waals surface area contributed by atoms with Crippen LogP contribution in [0.2, 0.25) is 0 Å². The molecule has 0 amide bonds. The molecule has 0 N–H and O–H groups in total. The molecule has 0 aliphatic heterocycles. The summed E-state index contributed by atoms with van der Waals surface area (Å²) in [6.07, 6.45) is -0.869. The second-order valence-corrected chi connectivity index (χ2v) is 2.38. The number of halogens is 5. The van der Waals surface area contributed by atoms with Crippen molar-refractivity contribution in [3.8, 4) is 6.07 Å². The van der Waals surface area contributed by atoms with Crippen molar-refractivity contribution < 1.29 is 22.0 Å². The number of benzene rings is 1. The monoisotopic (exact) mass is 207 g/mol. The van der Waals surface area contributed by atoms with Crippen LogP contribution in [-0.4, -0.2) is 0 Å². The Labute approximate surface area is 75.4 Å². The predicted octanol–water partition coefficient (Wildman–Crippen LogP) is 2.45. The molecule has 14 heavy (non-hydrogen) atoms. The summed E-state index contributed by atoms with van der Waals surface area (Å²) in [6.45, 7) is 0. The molecule has 0 aromatic heterocycles. The number of nitrogens with zero attached hydrogens (tertiary/aromatic N) is 1. The molecule has 0 spiro atoms. The van der Waals surface area contributed by atoms with E-state index < -0.39 is 41.1 Å². The largest absolute Gasteiger partial charge is 0.203 e. The van der Waals surface area contributed by atoms with Gasteiger partial charge >= 0.3 is 0 Å². The molecule has 74 valence electrons. The maximum Gasteiger partial charge on any atom is 0.200 e. The molecule has 0 aliphatic rings. The van der Waals surface area contributed by atoms with Gasteiger partial charge in [-0.25, -0.2) is 22.0 Å².